The van der Waals surface area contributed by atoms with E-state index < -0.39 is 0 Å². The average molecular weight is 886 g/mol. The van der Waals surface area contributed by atoms with Crippen molar-refractivity contribution < 1.29 is 71.2 Å². The highest BCUT2D eigenvalue weighted by atomic mass is 32.2. The van der Waals surface area contributed by atoms with E-state index in [-0.39, 0.29) is 29.9 Å². The second-order valence-corrected chi connectivity index (χ2v) is 14.7. The van der Waals surface area contributed by atoms with Crippen LogP contribution in [0.3, 0.4) is 0 Å². The highest BCUT2D eigenvalue weighted by Gasteiger charge is 2.42. The summed E-state index contributed by atoms with van der Waals surface area (Å²) >= 11 is 1.90. The molecule has 4 amide bonds. The zero-order valence-corrected chi connectivity index (χ0v) is 36.5. The Morgan fingerprint density at radius 2 is 0.867 bits per heavy atom. The number of nitrogens with two attached hydrogens (primary N) is 1. The van der Waals surface area contributed by atoms with E-state index in [4.69, 9.17) is 62.6 Å². The molecule has 0 radical (unpaired) electrons. The van der Waals surface area contributed by atoms with E-state index in [1.807, 2.05) is 11.8 Å². The largest absolute Gasteiger partial charge is 0.379 e. The van der Waals surface area contributed by atoms with Crippen LogP contribution >= 0.6 is 11.8 Å². The Kier molecular flexibility index (Phi) is 37.1. The fourth-order valence-corrected chi connectivity index (χ4v) is 7.15. The fraction of sp³-hybridized carbons (Fsp3) is 0.923. The number of amides is 4. The Balaban J connectivity index is 1.13. The summed E-state index contributed by atoms with van der Waals surface area (Å²) in [6, 6.07) is 0.396. The summed E-state index contributed by atoms with van der Waals surface area (Å²) < 4.78 is 65.7. The van der Waals surface area contributed by atoms with Crippen LogP contribution < -0.4 is 27.0 Å². The number of unbranched alkanes of at least 4 members (excludes halogenated alkanes) is 1. The predicted molar refractivity (Wildman–Crippen MR) is 223 cm³/mol. The molecule has 6 N–H and O–H groups in total. The first-order chi connectivity index (χ1) is 29.6. The van der Waals surface area contributed by atoms with E-state index >= 15 is 0 Å². The summed E-state index contributed by atoms with van der Waals surface area (Å²) in [6.45, 7) is 12.6. The van der Waals surface area contributed by atoms with Crippen molar-refractivity contribution in [1.82, 2.24) is 21.3 Å². The van der Waals surface area contributed by atoms with Crippen molar-refractivity contribution in [3.63, 3.8) is 0 Å². The van der Waals surface area contributed by atoms with Crippen LogP contribution in [0.15, 0.2) is 0 Å². The van der Waals surface area contributed by atoms with Crippen LogP contribution in [0.2, 0.25) is 0 Å². The summed E-state index contributed by atoms with van der Waals surface area (Å²) in [6.07, 6.45) is 3.63. The molecule has 0 spiro atoms. The quantitative estimate of drug-likeness (QED) is 0.0383. The normalized spacial score (nSPS) is 17.1. The number of hydrogen-bond donors (Lipinski definition) is 5. The summed E-state index contributed by atoms with van der Waals surface area (Å²) in [5.74, 6) is 0.928. The first-order valence-corrected chi connectivity index (χ1v) is 22.5. The van der Waals surface area contributed by atoms with Gasteiger partial charge in [-0.25, -0.2) is 4.79 Å². The number of thioether (sulfide) groups is 1. The molecule has 0 aromatic rings. The summed E-state index contributed by atoms with van der Waals surface area (Å²) in [5.41, 5.74) is 5.33. The smallest absolute Gasteiger partial charge is 0.315 e. The molecule has 0 unspecified atom stereocenters. The molecule has 2 aliphatic heterocycles. The number of urea groups is 1. The Bertz CT molecular complexity index is 1030. The monoisotopic (exact) mass is 885 g/mol. The standard InChI is InChI=1S/C39H75N5O15S/c40-6-7-41-37(46)5-9-48-11-13-50-15-17-52-19-21-54-23-25-56-27-29-58-31-32-59-30-28-57-26-24-55-22-20-53-18-16-51-14-12-49-10-8-42-36(45)4-2-1-3-35-38-34(33-60-35)43-39(47)44-38/h34-35,38H,1-33,40H2,(H,41,46)(H,42,45)(H2,43,44,47)/t34-,35-,38-/m0/s1. The van der Waals surface area contributed by atoms with Crippen LogP contribution in [0.1, 0.15) is 32.1 Å². The molecule has 2 aliphatic rings. The maximum absolute atomic E-state index is 12.1. The van der Waals surface area contributed by atoms with Gasteiger partial charge in [-0.15, -0.1) is 0 Å². The van der Waals surface area contributed by atoms with E-state index in [0.29, 0.717) is 196 Å². The number of carbonyl (C=O) groups excluding carboxylic acids is 3. The minimum absolute atomic E-state index is 0.0393. The molecule has 352 valence electrons. The molecule has 0 saturated carbocycles. The van der Waals surface area contributed by atoms with Gasteiger partial charge in [-0.2, -0.15) is 11.8 Å². The van der Waals surface area contributed by atoms with E-state index in [0.717, 1.165) is 25.0 Å². The second-order valence-electron chi connectivity index (χ2n) is 13.5. The lowest BCUT2D eigenvalue weighted by Crippen LogP contribution is -2.36. The zero-order valence-electron chi connectivity index (χ0n) is 35.7. The van der Waals surface area contributed by atoms with Gasteiger partial charge in [0.05, 0.1) is 171 Å². The van der Waals surface area contributed by atoms with Crippen LogP contribution in [0.25, 0.3) is 0 Å². The van der Waals surface area contributed by atoms with Crippen molar-refractivity contribution in [2.75, 3.05) is 184 Å². The van der Waals surface area contributed by atoms with Crippen molar-refractivity contribution in [1.29, 1.82) is 0 Å². The molecular formula is C39H75N5O15S. The van der Waals surface area contributed by atoms with Crippen LogP contribution in [0.4, 0.5) is 4.79 Å². The van der Waals surface area contributed by atoms with Gasteiger partial charge in [0.25, 0.3) is 0 Å². The van der Waals surface area contributed by atoms with Gasteiger partial charge in [0.1, 0.15) is 0 Å². The summed E-state index contributed by atoms with van der Waals surface area (Å²) in [4.78, 5) is 34.9. The number of nitrogens with one attached hydrogen (secondary N) is 4. The van der Waals surface area contributed by atoms with E-state index in [2.05, 4.69) is 21.3 Å². The Labute approximate surface area is 360 Å². The highest BCUT2D eigenvalue weighted by molar-refractivity contribution is 8.00. The number of ether oxygens (including phenoxy) is 12. The lowest BCUT2D eigenvalue weighted by Gasteiger charge is -2.16. The van der Waals surface area contributed by atoms with Crippen LogP contribution in [0, 0.1) is 0 Å². The third kappa shape index (κ3) is 32.7. The highest BCUT2D eigenvalue weighted by Crippen LogP contribution is 2.33. The molecular weight excluding hydrogens is 811 g/mol. The summed E-state index contributed by atoms with van der Waals surface area (Å²) in [7, 11) is 0. The Morgan fingerprint density at radius 1 is 0.500 bits per heavy atom. The Hall–Kier alpha value is -1.96. The van der Waals surface area contributed by atoms with Crippen LogP contribution in [-0.2, 0) is 66.4 Å². The molecule has 2 saturated heterocycles. The minimum Gasteiger partial charge on any atom is -0.379 e. The van der Waals surface area contributed by atoms with Crippen LogP contribution in [-0.4, -0.2) is 219 Å². The van der Waals surface area contributed by atoms with Gasteiger partial charge in [0, 0.05) is 43.5 Å². The third-order valence-corrected chi connectivity index (χ3v) is 10.2. The SMILES string of the molecule is NCCNC(=O)CCOCCOCCOCCOCCOCCOCCOCCOCCOCCOCCOCCOCCNC(=O)CCCC[C@@H]1SC[C@@H]2NC(=O)N[C@@H]21. The third-order valence-electron chi connectivity index (χ3n) is 8.68. The minimum atomic E-state index is -0.0679. The van der Waals surface area contributed by atoms with Gasteiger partial charge in [-0.05, 0) is 12.8 Å². The zero-order chi connectivity index (χ0) is 42.8. The molecule has 20 nitrogen and oxygen atoms in total. The van der Waals surface area contributed by atoms with Crippen molar-refractivity contribution in [2.24, 2.45) is 5.73 Å². The number of carbonyl (C=O) groups is 3. The molecule has 2 heterocycles. The summed E-state index contributed by atoms with van der Waals surface area (Å²) in [5, 5.41) is 12.0. The maximum Gasteiger partial charge on any atom is 0.315 e. The lowest BCUT2D eigenvalue weighted by molar-refractivity contribution is -0.122. The van der Waals surface area contributed by atoms with Gasteiger partial charge < -0.3 is 83.8 Å². The molecule has 2 rings (SSSR count). The average Bonchev–Trinajstić information content (AvgIpc) is 3.81. The number of hydrogen-bond acceptors (Lipinski definition) is 17. The van der Waals surface area contributed by atoms with Crippen molar-refractivity contribution in [2.45, 2.75) is 49.4 Å². The van der Waals surface area contributed by atoms with E-state index in [1.54, 1.807) is 0 Å². The second kappa shape index (κ2) is 41.1. The van der Waals surface area contributed by atoms with Crippen molar-refractivity contribution in [3.05, 3.63) is 0 Å². The van der Waals surface area contributed by atoms with Crippen LogP contribution in [0.5, 0.6) is 0 Å². The fourth-order valence-electron chi connectivity index (χ4n) is 5.61. The maximum atomic E-state index is 12.1. The topological polar surface area (TPSA) is 236 Å². The molecule has 21 heteroatoms. The molecule has 60 heavy (non-hydrogen) atoms. The predicted octanol–water partition coefficient (Wildman–Crippen LogP) is -0.507. The van der Waals surface area contributed by atoms with Gasteiger partial charge in [-0.3, -0.25) is 9.59 Å². The molecule has 0 aliphatic carbocycles. The lowest BCUT2D eigenvalue weighted by atomic mass is 10.0. The Morgan fingerprint density at radius 3 is 1.28 bits per heavy atom. The molecule has 0 aromatic heterocycles. The number of rotatable bonds is 46. The number of fused-ring (bicyclic) bond motifs is 1. The molecule has 0 bridgehead atoms. The first-order valence-electron chi connectivity index (χ1n) is 21.4. The van der Waals surface area contributed by atoms with Gasteiger partial charge in [-0.1, -0.05) is 6.42 Å². The molecule has 0 aromatic carbocycles. The molecule has 3 atom stereocenters. The van der Waals surface area contributed by atoms with Gasteiger partial charge >= 0.3 is 6.03 Å². The van der Waals surface area contributed by atoms with E-state index in [1.165, 1.54) is 0 Å². The van der Waals surface area contributed by atoms with Crippen molar-refractivity contribution >= 4 is 29.6 Å². The van der Waals surface area contributed by atoms with Crippen molar-refractivity contribution in [3.8, 4) is 0 Å². The van der Waals surface area contributed by atoms with Gasteiger partial charge in [0.2, 0.25) is 11.8 Å². The van der Waals surface area contributed by atoms with Gasteiger partial charge in [0.15, 0.2) is 0 Å². The molecule has 2 fully saturated rings. The first kappa shape index (κ1) is 54.2. The van der Waals surface area contributed by atoms with E-state index in [9.17, 15) is 14.4 Å².